The second-order valence-corrected chi connectivity index (χ2v) is 4.87. The Bertz CT molecular complexity index is 459. The molecule has 0 aliphatic rings. The molecule has 1 amide bonds. The second-order valence-electron chi connectivity index (χ2n) is 4.87. The molecule has 5 nitrogen and oxygen atoms in total. The minimum absolute atomic E-state index is 0.00203. The van der Waals surface area contributed by atoms with E-state index in [1.165, 1.54) is 13.2 Å². The number of unbranched alkanes of at least 4 members (excludes halogenated alkanes) is 4. The fourth-order valence-electron chi connectivity index (χ4n) is 1.99. The summed E-state index contributed by atoms with van der Waals surface area (Å²) in [7, 11) is 1.40. The maximum Gasteiger partial charge on any atom is 0.305 e. The SMILES string of the molecule is COC(=O)CCCCCCCNC(=O)c1ccccc1O. The number of phenolic OH excluding ortho intramolecular Hbond substituents is 1. The molecule has 0 saturated carbocycles. The van der Waals surface area contributed by atoms with Crippen LogP contribution in [0.2, 0.25) is 0 Å². The molecule has 0 fully saturated rings. The van der Waals surface area contributed by atoms with Crippen LogP contribution in [-0.4, -0.2) is 30.6 Å². The van der Waals surface area contributed by atoms with Crippen molar-refractivity contribution < 1.29 is 19.4 Å². The number of esters is 1. The zero-order chi connectivity index (χ0) is 15.5. The lowest BCUT2D eigenvalue weighted by molar-refractivity contribution is -0.140. The quantitative estimate of drug-likeness (QED) is 0.542. The molecule has 0 atom stereocenters. The summed E-state index contributed by atoms with van der Waals surface area (Å²) in [5.74, 6) is -0.415. The van der Waals surface area contributed by atoms with Crippen molar-refractivity contribution in [2.45, 2.75) is 38.5 Å². The molecule has 0 bridgehead atoms. The number of carbonyl (C=O) groups is 2. The fourth-order valence-corrected chi connectivity index (χ4v) is 1.99. The molecule has 0 aliphatic carbocycles. The highest BCUT2D eigenvalue weighted by atomic mass is 16.5. The molecular formula is C16H23NO4. The summed E-state index contributed by atoms with van der Waals surface area (Å²) < 4.78 is 4.57. The Labute approximate surface area is 125 Å². The lowest BCUT2D eigenvalue weighted by Crippen LogP contribution is -2.24. The van der Waals surface area contributed by atoms with Crippen molar-refractivity contribution in [3.05, 3.63) is 29.8 Å². The number of phenols is 1. The van der Waals surface area contributed by atoms with Gasteiger partial charge in [-0.2, -0.15) is 0 Å². The van der Waals surface area contributed by atoms with Gasteiger partial charge >= 0.3 is 5.97 Å². The van der Waals surface area contributed by atoms with Crippen LogP contribution in [0.1, 0.15) is 48.9 Å². The normalized spacial score (nSPS) is 10.1. The van der Waals surface area contributed by atoms with Crippen LogP contribution in [0, 0.1) is 0 Å². The number of amides is 1. The van der Waals surface area contributed by atoms with E-state index in [-0.39, 0.29) is 17.6 Å². The van der Waals surface area contributed by atoms with E-state index in [1.807, 2.05) is 0 Å². The molecule has 21 heavy (non-hydrogen) atoms. The first-order valence-corrected chi connectivity index (χ1v) is 7.28. The smallest absolute Gasteiger partial charge is 0.305 e. The summed E-state index contributed by atoms with van der Waals surface area (Å²) in [6.45, 7) is 0.587. The summed E-state index contributed by atoms with van der Waals surface area (Å²) in [5, 5.41) is 12.3. The van der Waals surface area contributed by atoms with Gasteiger partial charge in [0, 0.05) is 13.0 Å². The van der Waals surface area contributed by atoms with Crippen LogP contribution in [0.5, 0.6) is 5.75 Å². The number of aromatic hydroxyl groups is 1. The molecule has 116 valence electrons. The first-order chi connectivity index (χ1) is 10.1. The minimum Gasteiger partial charge on any atom is -0.507 e. The average molecular weight is 293 g/mol. The highest BCUT2D eigenvalue weighted by Crippen LogP contribution is 2.15. The van der Waals surface area contributed by atoms with E-state index in [0.29, 0.717) is 18.5 Å². The van der Waals surface area contributed by atoms with Crippen LogP contribution in [0.3, 0.4) is 0 Å². The standard InChI is InChI=1S/C16H23NO4/c1-21-15(19)11-5-3-2-4-8-12-17-16(20)13-9-6-7-10-14(13)18/h6-7,9-10,18H,2-5,8,11-12H2,1H3,(H,17,20). The first-order valence-electron chi connectivity index (χ1n) is 7.28. The second kappa shape index (κ2) is 9.80. The van der Waals surface area contributed by atoms with Crippen LogP contribution in [0.25, 0.3) is 0 Å². The molecule has 1 rings (SSSR count). The zero-order valence-corrected chi connectivity index (χ0v) is 12.4. The van der Waals surface area contributed by atoms with E-state index in [4.69, 9.17) is 0 Å². The van der Waals surface area contributed by atoms with Gasteiger partial charge in [-0.15, -0.1) is 0 Å². The molecule has 2 N–H and O–H groups in total. The third-order valence-electron chi connectivity index (χ3n) is 3.22. The molecule has 1 aromatic rings. The topological polar surface area (TPSA) is 75.6 Å². The zero-order valence-electron chi connectivity index (χ0n) is 12.4. The fraction of sp³-hybridized carbons (Fsp3) is 0.500. The summed E-state index contributed by atoms with van der Waals surface area (Å²) in [6.07, 6.45) is 5.23. The maximum absolute atomic E-state index is 11.8. The van der Waals surface area contributed by atoms with Gasteiger partial charge in [0.15, 0.2) is 0 Å². The number of para-hydroxylation sites is 1. The van der Waals surface area contributed by atoms with Gasteiger partial charge in [-0.3, -0.25) is 9.59 Å². The van der Waals surface area contributed by atoms with Crippen LogP contribution in [0.15, 0.2) is 24.3 Å². The van der Waals surface area contributed by atoms with Gasteiger partial charge in [-0.05, 0) is 25.0 Å². The highest BCUT2D eigenvalue weighted by Gasteiger charge is 2.08. The van der Waals surface area contributed by atoms with Gasteiger partial charge in [-0.1, -0.05) is 31.4 Å². The van der Waals surface area contributed by atoms with Crippen molar-refractivity contribution in [2.75, 3.05) is 13.7 Å². The highest BCUT2D eigenvalue weighted by molar-refractivity contribution is 5.96. The van der Waals surface area contributed by atoms with Gasteiger partial charge in [0.25, 0.3) is 5.91 Å². The van der Waals surface area contributed by atoms with Gasteiger partial charge in [0.1, 0.15) is 5.75 Å². The summed E-state index contributed by atoms with van der Waals surface area (Å²) in [5.41, 5.74) is 0.301. The van der Waals surface area contributed by atoms with Gasteiger partial charge in [0.2, 0.25) is 0 Å². The van der Waals surface area contributed by atoms with Crippen molar-refractivity contribution in [3.63, 3.8) is 0 Å². The molecular weight excluding hydrogens is 270 g/mol. The van der Waals surface area contributed by atoms with E-state index in [9.17, 15) is 14.7 Å². The minimum atomic E-state index is -0.251. The monoisotopic (exact) mass is 293 g/mol. The molecule has 0 radical (unpaired) electrons. The van der Waals surface area contributed by atoms with Gasteiger partial charge in [0.05, 0.1) is 12.7 Å². The van der Waals surface area contributed by atoms with E-state index < -0.39 is 0 Å². The maximum atomic E-state index is 11.8. The third kappa shape index (κ3) is 6.79. The van der Waals surface area contributed by atoms with Crippen molar-refractivity contribution in [1.82, 2.24) is 5.32 Å². The number of ether oxygens (including phenoxy) is 1. The number of carbonyl (C=O) groups excluding carboxylic acids is 2. The Morgan fingerprint density at radius 1 is 1.10 bits per heavy atom. The van der Waals surface area contributed by atoms with Crippen LogP contribution >= 0.6 is 0 Å². The number of nitrogens with one attached hydrogen (secondary N) is 1. The number of hydrogen-bond donors (Lipinski definition) is 2. The van der Waals surface area contributed by atoms with Crippen molar-refractivity contribution in [1.29, 1.82) is 0 Å². The molecule has 0 unspecified atom stereocenters. The molecule has 5 heteroatoms. The lowest BCUT2D eigenvalue weighted by atomic mass is 10.1. The predicted molar refractivity (Wildman–Crippen MR) is 80.2 cm³/mol. The molecule has 0 heterocycles. The van der Waals surface area contributed by atoms with Crippen LogP contribution in [0.4, 0.5) is 0 Å². The molecule has 0 saturated heterocycles. The Hall–Kier alpha value is -2.04. The third-order valence-corrected chi connectivity index (χ3v) is 3.22. The van der Waals surface area contributed by atoms with Gasteiger partial charge in [-0.25, -0.2) is 0 Å². The Morgan fingerprint density at radius 3 is 2.48 bits per heavy atom. The predicted octanol–water partition coefficient (Wildman–Crippen LogP) is 2.64. The van der Waals surface area contributed by atoms with Crippen LogP contribution in [-0.2, 0) is 9.53 Å². The molecule has 0 spiro atoms. The average Bonchev–Trinajstić information content (AvgIpc) is 2.49. The van der Waals surface area contributed by atoms with E-state index >= 15 is 0 Å². The molecule has 0 aliphatic heterocycles. The summed E-state index contributed by atoms with van der Waals surface area (Å²) in [6, 6.07) is 6.49. The van der Waals surface area contributed by atoms with Gasteiger partial charge < -0.3 is 15.2 Å². The first kappa shape index (κ1) is 17.0. The summed E-state index contributed by atoms with van der Waals surface area (Å²) in [4.78, 5) is 22.7. The van der Waals surface area contributed by atoms with Crippen molar-refractivity contribution in [2.24, 2.45) is 0 Å². The lowest BCUT2D eigenvalue weighted by Gasteiger charge is -2.06. The Morgan fingerprint density at radius 2 is 1.76 bits per heavy atom. The van der Waals surface area contributed by atoms with Crippen molar-refractivity contribution in [3.8, 4) is 5.75 Å². The molecule has 1 aromatic carbocycles. The van der Waals surface area contributed by atoms with E-state index in [2.05, 4.69) is 10.1 Å². The van der Waals surface area contributed by atoms with E-state index in [1.54, 1.807) is 18.2 Å². The van der Waals surface area contributed by atoms with Crippen molar-refractivity contribution >= 4 is 11.9 Å². The Balaban J connectivity index is 2.06. The molecule has 0 aromatic heterocycles. The number of benzene rings is 1. The summed E-state index contributed by atoms with van der Waals surface area (Å²) >= 11 is 0. The number of rotatable bonds is 9. The Kier molecular flexibility index (Phi) is 7.94. The number of methoxy groups -OCH3 is 1. The van der Waals surface area contributed by atoms with E-state index in [0.717, 1.165) is 32.1 Å². The van der Waals surface area contributed by atoms with Crippen LogP contribution < -0.4 is 5.32 Å². The number of hydrogen-bond acceptors (Lipinski definition) is 4. The largest absolute Gasteiger partial charge is 0.507 e.